The second-order valence-electron chi connectivity index (χ2n) is 5.72. The van der Waals surface area contributed by atoms with E-state index in [1.807, 2.05) is 30.3 Å². The molecular weight excluding hydrogens is 294 g/mol. The molecule has 6 nitrogen and oxygen atoms in total. The van der Waals surface area contributed by atoms with E-state index < -0.39 is 0 Å². The van der Waals surface area contributed by atoms with Crippen molar-refractivity contribution in [2.45, 2.75) is 13.0 Å². The second-order valence-corrected chi connectivity index (χ2v) is 5.72. The van der Waals surface area contributed by atoms with Crippen LogP contribution in [0.3, 0.4) is 0 Å². The molecule has 0 N–H and O–H groups in total. The number of hydrogen-bond acceptors (Lipinski definition) is 5. The third kappa shape index (κ3) is 3.84. The zero-order chi connectivity index (χ0) is 16.1. The Morgan fingerprint density at radius 1 is 1.30 bits per heavy atom. The lowest BCUT2D eigenvalue weighted by Gasteiger charge is -2.18. The maximum absolute atomic E-state index is 11.1. The molecule has 0 saturated carbocycles. The molecule has 1 saturated heterocycles. The fourth-order valence-electron chi connectivity index (χ4n) is 2.89. The first-order valence-electron chi connectivity index (χ1n) is 7.69. The van der Waals surface area contributed by atoms with E-state index in [1.165, 1.54) is 6.20 Å². The number of rotatable bonds is 6. The number of hydrogen-bond donors (Lipinski definition) is 0. The van der Waals surface area contributed by atoms with Crippen molar-refractivity contribution in [2.75, 3.05) is 24.6 Å². The van der Waals surface area contributed by atoms with Gasteiger partial charge >= 0.3 is 5.69 Å². The Labute approximate surface area is 134 Å². The highest BCUT2D eigenvalue weighted by atomic mass is 16.6. The van der Waals surface area contributed by atoms with Crippen LogP contribution in [-0.4, -0.2) is 29.6 Å². The third-order valence-electron chi connectivity index (χ3n) is 4.07. The van der Waals surface area contributed by atoms with E-state index in [2.05, 4.69) is 9.88 Å². The summed E-state index contributed by atoms with van der Waals surface area (Å²) in [4.78, 5) is 16.6. The lowest BCUT2D eigenvalue weighted by Crippen LogP contribution is -2.22. The SMILES string of the molecule is O=[N+]([O-])c1cnccc1N1CC[C@@H](COCc2ccccc2)C1. The van der Waals surface area contributed by atoms with E-state index in [0.29, 0.717) is 24.8 Å². The zero-order valence-corrected chi connectivity index (χ0v) is 12.8. The number of aromatic nitrogens is 1. The number of nitro groups is 1. The monoisotopic (exact) mass is 313 g/mol. The van der Waals surface area contributed by atoms with Crippen molar-refractivity contribution in [1.29, 1.82) is 0 Å². The van der Waals surface area contributed by atoms with Crippen LogP contribution in [0.2, 0.25) is 0 Å². The van der Waals surface area contributed by atoms with Crippen LogP contribution in [0, 0.1) is 16.0 Å². The molecule has 0 unspecified atom stereocenters. The maximum Gasteiger partial charge on any atom is 0.310 e. The Morgan fingerprint density at radius 2 is 2.13 bits per heavy atom. The van der Waals surface area contributed by atoms with Crippen LogP contribution in [0.4, 0.5) is 11.4 Å². The lowest BCUT2D eigenvalue weighted by molar-refractivity contribution is -0.384. The van der Waals surface area contributed by atoms with Crippen molar-refractivity contribution < 1.29 is 9.66 Å². The standard InChI is InChI=1S/C17H19N3O3/c21-20(22)17-10-18-8-6-16(17)19-9-7-15(11-19)13-23-12-14-4-2-1-3-5-14/h1-6,8,10,15H,7,9,11-13H2/t15-/m1/s1. The predicted octanol–water partition coefficient (Wildman–Crippen LogP) is 3.03. The molecule has 0 amide bonds. The van der Waals surface area contributed by atoms with Gasteiger partial charge in [-0.2, -0.15) is 0 Å². The van der Waals surface area contributed by atoms with Crippen molar-refractivity contribution in [1.82, 2.24) is 4.98 Å². The number of nitrogens with zero attached hydrogens (tertiary/aromatic N) is 3. The van der Waals surface area contributed by atoms with Gasteiger partial charge in [0.15, 0.2) is 0 Å². The number of anilines is 1. The van der Waals surface area contributed by atoms with Gasteiger partial charge in [0.05, 0.1) is 18.1 Å². The number of ether oxygens (including phenoxy) is 1. The molecule has 1 fully saturated rings. The smallest absolute Gasteiger partial charge is 0.310 e. The summed E-state index contributed by atoms with van der Waals surface area (Å²) < 4.78 is 5.79. The minimum absolute atomic E-state index is 0.0679. The predicted molar refractivity (Wildman–Crippen MR) is 87.3 cm³/mol. The molecule has 2 aromatic rings. The van der Waals surface area contributed by atoms with Crippen molar-refractivity contribution in [3.63, 3.8) is 0 Å². The molecular formula is C17H19N3O3. The zero-order valence-electron chi connectivity index (χ0n) is 12.8. The summed E-state index contributed by atoms with van der Waals surface area (Å²) in [7, 11) is 0. The highest BCUT2D eigenvalue weighted by molar-refractivity contribution is 5.62. The fraction of sp³-hybridized carbons (Fsp3) is 0.353. The Bertz CT molecular complexity index is 663. The largest absolute Gasteiger partial charge is 0.376 e. The maximum atomic E-state index is 11.1. The van der Waals surface area contributed by atoms with Crippen molar-refractivity contribution in [3.05, 3.63) is 64.5 Å². The minimum atomic E-state index is -0.373. The molecule has 3 rings (SSSR count). The lowest BCUT2D eigenvalue weighted by atomic mass is 10.1. The van der Waals surface area contributed by atoms with Gasteiger partial charge in [0.1, 0.15) is 11.9 Å². The summed E-state index contributed by atoms with van der Waals surface area (Å²) in [5.41, 5.74) is 1.88. The van der Waals surface area contributed by atoms with Crippen molar-refractivity contribution in [3.8, 4) is 0 Å². The molecule has 0 aliphatic carbocycles. The first-order valence-corrected chi connectivity index (χ1v) is 7.69. The molecule has 0 radical (unpaired) electrons. The molecule has 1 aromatic heterocycles. The molecule has 1 aliphatic rings. The van der Waals surface area contributed by atoms with Crippen LogP contribution in [0.15, 0.2) is 48.8 Å². The van der Waals surface area contributed by atoms with Crippen LogP contribution in [0.5, 0.6) is 0 Å². The van der Waals surface area contributed by atoms with Crippen molar-refractivity contribution in [2.24, 2.45) is 5.92 Å². The molecule has 0 bridgehead atoms. The van der Waals surface area contributed by atoms with Gasteiger partial charge in [0.25, 0.3) is 0 Å². The summed E-state index contributed by atoms with van der Waals surface area (Å²) in [6.07, 6.45) is 3.89. The molecule has 6 heteroatoms. The third-order valence-corrected chi connectivity index (χ3v) is 4.07. The molecule has 1 aliphatic heterocycles. The molecule has 2 heterocycles. The van der Waals surface area contributed by atoms with Gasteiger partial charge in [-0.3, -0.25) is 15.1 Å². The number of benzene rings is 1. The Hall–Kier alpha value is -2.47. The van der Waals surface area contributed by atoms with E-state index in [9.17, 15) is 10.1 Å². The van der Waals surface area contributed by atoms with E-state index in [4.69, 9.17) is 4.74 Å². The highest BCUT2D eigenvalue weighted by Gasteiger charge is 2.27. The van der Waals surface area contributed by atoms with Crippen LogP contribution >= 0.6 is 0 Å². The van der Waals surface area contributed by atoms with Crippen LogP contribution < -0.4 is 4.90 Å². The van der Waals surface area contributed by atoms with E-state index in [1.54, 1.807) is 12.3 Å². The van der Waals surface area contributed by atoms with E-state index >= 15 is 0 Å². The van der Waals surface area contributed by atoms with Crippen LogP contribution in [-0.2, 0) is 11.3 Å². The Morgan fingerprint density at radius 3 is 2.91 bits per heavy atom. The molecule has 1 aromatic carbocycles. The summed E-state index contributed by atoms with van der Waals surface area (Å²) >= 11 is 0. The first-order chi connectivity index (χ1) is 11.2. The normalized spacial score (nSPS) is 17.4. The van der Waals surface area contributed by atoms with E-state index in [0.717, 1.165) is 25.1 Å². The summed E-state index contributed by atoms with van der Waals surface area (Å²) in [6, 6.07) is 11.8. The fourth-order valence-corrected chi connectivity index (χ4v) is 2.89. The first kappa shape index (κ1) is 15.4. The van der Waals surface area contributed by atoms with Gasteiger partial charge in [0, 0.05) is 25.2 Å². The van der Waals surface area contributed by atoms with Crippen LogP contribution in [0.25, 0.3) is 0 Å². The highest BCUT2D eigenvalue weighted by Crippen LogP contribution is 2.31. The van der Waals surface area contributed by atoms with Gasteiger partial charge < -0.3 is 9.64 Å². The topological polar surface area (TPSA) is 68.5 Å². The van der Waals surface area contributed by atoms with E-state index in [-0.39, 0.29) is 10.6 Å². The van der Waals surface area contributed by atoms with Gasteiger partial charge in [0.2, 0.25) is 0 Å². The van der Waals surface area contributed by atoms with Gasteiger partial charge in [-0.25, -0.2) is 0 Å². The van der Waals surface area contributed by atoms with Crippen LogP contribution in [0.1, 0.15) is 12.0 Å². The number of pyridine rings is 1. The minimum Gasteiger partial charge on any atom is -0.376 e. The molecule has 1 atom stereocenters. The summed E-state index contributed by atoms with van der Waals surface area (Å²) in [6.45, 7) is 2.86. The Kier molecular flexibility index (Phi) is 4.83. The summed E-state index contributed by atoms with van der Waals surface area (Å²) in [5, 5.41) is 11.1. The van der Waals surface area contributed by atoms with Gasteiger partial charge in [-0.1, -0.05) is 30.3 Å². The second kappa shape index (κ2) is 7.19. The van der Waals surface area contributed by atoms with Gasteiger partial charge in [-0.15, -0.1) is 0 Å². The quantitative estimate of drug-likeness (QED) is 0.605. The Balaban J connectivity index is 1.54. The molecule has 23 heavy (non-hydrogen) atoms. The van der Waals surface area contributed by atoms with Gasteiger partial charge in [-0.05, 0) is 18.1 Å². The average molecular weight is 313 g/mol. The summed E-state index contributed by atoms with van der Waals surface area (Å²) in [5.74, 6) is 0.395. The molecule has 120 valence electrons. The average Bonchev–Trinajstić information content (AvgIpc) is 3.04. The molecule has 0 spiro atoms. The van der Waals surface area contributed by atoms with Crippen molar-refractivity contribution >= 4 is 11.4 Å².